The molecular weight excluding hydrogens is 362 g/mol. The first-order valence-electron chi connectivity index (χ1n) is 8.01. The van der Waals surface area contributed by atoms with Crippen molar-refractivity contribution in [1.82, 2.24) is 19.6 Å². The Labute approximate surface area is 152 Å². The Hall–Kier alpha value is -1.74. The summed E-state index contributed by atoms with van der Waals surface area (Å²) in [5, 5.41) is 6.57. The summed E-state index contributed by atoms with van der Waals surface area (Å²) in [6.45, 7) is 1.68. The Kier molecular flexibility index (Phi) is 5.53. The molecule has 2 heterocycles. The fourth-order valence-corrected chi connectivity index (χ4v) is 4.32. The number of nitrogens with zero attached hydrogens (tertiary/aromatic N) is 3. The van der Waals surface area contributed by atoms with Crippen molar-refractivity contribution in [1.29, 1.82) is 0 Å². The smallest absolute Gasteiger partial charge is 0.243 e. The van der Waals surface area contributed by atoms with Gasteiger partial charge in [0.15, 0.2) is 0 Å². The van der Waals surface area contributed by atoms with E-state index < -0.39 is 10.0 Å². The lowest BCUT2D eigenvalue weighted by Gasteiger charge is -2.30. The van der Waals surface area contributed by atoms with Crippen molar-refractivity contribution in [2.24, 2.45) is 0 Å². The number of aromatic nitrogens is 2. The van der Waals surface area contributed by atoms with Gasteiger partial charge in [-0.25, -0.2) is 18.4 Å². The molecule has 0 unspecified atom stereocenters. The van der Waals surface area contributed by atoms with Crippen molar-refractivity contribution in [3.05, 3.63) is 41.7 Å². The maximum atomic E-state index is 12.8. The number of anilines is 2. The summed E-state index contributed by atoms with van der Waals surface area (Å²) in [6.07, 6.45) is 3.19. The molecule has 134 valence electrons. The monoisotopic (exact) mass is 381 g/mol. The summed E-state index contributed by atoms with van der Waals surface area (Å²) in [5.74, 6) is 0.356. The van der Waals surface area contributed by atoms with Crippen molar-refractivity contribution in [2.45, 2.75) is 23.8 Å². The van der Waals surface area contributed by atoms with Crippen LogP contribution in [0.1, 0.15) is 12.8 Å². The number of hydrogen-bond donors (Lipinski definition) is 2. The van der Waals surface area contributed by atoms with Gasteiger partial charge in [-0.2, -0.15) is 4.31 Å². The molecule has 0 bridgehead atoms. The van der Waals surface area contributed by atoms with Gasteiger partial charge in [0.2, 0.25) is 16.0 Å². The Balaban J connectivity index is 1.74. The molecule has 0 saturated carbocycles. The lowest BCUT2D eigenvalue weighted by Crippen LogP contribution is -2.43. The topological polar surface area (TPSA) is 87.2 Å². The second-order valence-electron chi connectivity index (χ2n) is 5.85. The van der Waals surface area contributed by atoms with Gasteiger partial charge in [-0.3, -0.25) is 0 Å². The molecule has 0 amide bonds. The standard InChI is InChI=1S/C16H20ClN5O2S/c1-22(13-6-9-18-10-7-13)25(23,24)14-4-2-12(3-5-14)20-16-19-11-8-15(17)21-16/h2-5,8,11,13,18H,6-7,9-10H2,1H3,(H,19,20,21). The zero-order chi connectivity index (χ0) is 17.9. The van der Waals surface area contributed by atoms with E-state index in [2.05, 4.69) is 20.6 Å². The van der Waals surface area contributed by atoms with Crippen LogP contribution in [0.15, 0.2) is 41.4 Å². The van der Waals surface area contributed by atoms with Gasteiger partial charge in [-0.05, 0) is 56.3 Å². The van der Waals surface area contributed by atoms with Gasteiger partial charge in [0.1, 0.15) is 5.15 Å². The fraction of sp³-hybridized carbons (Fsp3) is 0.375. The fourth-order valence-electron chi connectivity index (χ4n) is 2.77. The number of hydrogen-bond acceptors (Lipinski definition) is 6. The third-order valence-corrected chi connectivity index (χ3v) is 6.37. The predicted octanol–water partition coefficient (Wildman–Crippen LogP) is 2.25. The van der Waals surface area contributed by atoms with Crippen molar-refractivity contribution < 1.29 is 8.42 Å². The molecule has 2 N–H and O–H groups in total. The van der Waals surface area contributed by atoms with E-state index in [-0.39, 0.29) is 10.9 Å². The number of piperidine rings is 1. The van der Waals surface area contributed by atoms with Crippen molar-refractivity contribution in [3.63, 3.8) is 0 Å². The van der Waals surface area contributed by atoms with Crippen LogP contribution in [0.5, 0.6) is 0 Å². The highest BCUT2D eigenvalue weighted by molar-refractivity contribution is 7.89. The van der Waals surface area contributed by atoms with Crippen LogP contribution in [-0.2, 0) is 10.0 Å². The number of rotatable bonds is 5. The van der Waals surface area contributed by atoms with E-state index in [1.165, 1.54) is 4.31 Å². The molecule has 9 heteroatoms. The molecule has 1 aromatic heterocycles. The molecule has 1 saturated heterocycles. The molecule has 1 aliphatic rings. The minimum atomic E-state index is -3.51. The Morgan fingerprint density at radius 1 is 1.20 bits per heavy atom. The van der Waals surface area contributed by atoms with Crippen LogP contribution in [0.2, 0.25) is 5.15 Å². The molecule has 0 spiro atoms. The number of sulfonamides is 1. The molecule has 1 aromatic carbocycles. The minimum Gasteiger partial charge on any atom is -0.324 e. The van der Waals surface area contributed by atoms with E-state index in [1.807, 2.05) is 0 Å². The van der Waals surface area contributed by atoms with Gasteiger partial charge < -0.3 is 10.6 Å². The third-order valence-electron chi connectivity index (χ3n) is 4.23. The molecule has 1 aliphatic heterocycles. The van der Waals surface area contributed by atoms with Crippen LogP contribution < -0.4 is 10.6 Å². The second kappa shape index (κ2) is 7.65. The van der Waals surface area contributed by atoms with Crippen molar-refractivity contribution in [3.8, 4) is 0 Å². The molecule has 2 aromatic rings. The summed E-state index contributed by atoms with van der Waals surface area (Å²) in [5.41, 5.74) is 0.686. The Morgan fingerprint density at radius 2 is 1.88 bits per heavy atom. The number of halogens is 1. The minimum absolute atomic E-state index is 0.0314. The van der Waals surface area contributed by atoms with Crippen molar-refractivity contribution >= 4 is 33.3 Å². The number of benzene rings is 1. The van der Waals surface area contributed by atoms with E-state index in [0.29, 0.717) is 16.8 Å². The van der Waals surface area contributed by atoms with Gasteiger partial charge >= 0.3 is 0 Å². The highest BCUT2D eigenvalue weighted by Gasteiger charge is 2.28. The Bertz CT molecular complexity index is 823. The first-order chi connectivity index (χ1) is 12.0. The quantitative estimate of drug-likeness (QED) is 0.772. The van der Waals surface area contributed by atoms with E-state index in [1.54, 1.807) is 43.6 Å². The van der Waals surface area contributed by atoms with E-state index in [9.17, 15) is 8.42 Å². The van der Waals surface area contributed by atoms with Crippen LogP contribution in [0.4, 0.5) is 11.6 Å². The highest BCUT2D eigenvalue weighted by Crippen LogP contribution is 2.23. The van der Waals surface area contributed by atoms with Crippen LogP contribution >= 0.6 is 11.6 Å². The number of nitrogens with one attached hydrogen (secondary N) is 2. The molecule has 3 rings (SSSR count). The lowest BCUT2D eigenvalue weighted by atomic mass is 10.1. The highest BCUT2D eigenvalue weighted by atomic mass is 35.5. The van der Waals surface area contributed by atoms with Gasteiger partial charge in [-0.15, -0.1) is 0 Å². The summed E-state index contributed by atoms with van der Waals surface area (Å²) in [4.78, 5) is 8.37. The summed E-state index contributed by atoms with van der Waals surface area (Å²) < 4.78 is 27.1. The maximum absolute atomic E-state index is 12.8. The van der Waals surface area contributed by atoms with E-state index in [0.717, 1.165) is 25.9 Å². The zero-order valence-electron chi connectivity index (χ0n) is 13.8. The van der Waals surface area contributed by atoms with E-state index in [4.69, 9.17) is 11.6 Å². The van der Waals surface area contributed by atoms with Gasteiger partial charge in [0.05, 0.1) is 4.90 Å². The predicted molar refractivity (Wildman–Crippen MR) is 97.6 cm³/mol. The normalized spacial score (nSPS) is 16.1. The third kappa shape index (κ3) is 4.27. The second-order valence-corrected chi connectivity index (χ2v) is 8.24. The summed E-state index contributed by atoms with van der Waals surface area (Å²) in [6, 6.07) is 8.16. The molecule has 0 atom stereocenters. The molecule has 0 radical (unpaired) electrons. The Morgan fingerprint density at radius 3 is 2.52 bits per heavy atom. The molecule has 7 nitrogen and oxygen atoms in total. The van der Waals surface area contributed by atoms with Crippen LogP contribution in [0.3, 0.4) is 0 Å². The van der Waals surface area contributed by atoms with Gasteiger partial charge in [0.25, 0.3) is 0 Å². The van der Waals surface area contributed by atoms with Crippen molar-refractivity contribution in [2.75, 3.05) is 25.5 Å². The molecular formula is C16H20ClN5O2S. The van der Waals surface area contributed by atoms with Crippen LogP contribution in [0.25, 0.3) is 0 Å². The molecule has 1 fully saturated rings. The average Bonchev–Trinajstić information content (AvgIpc) is 2.62. The average molecular weight is 382 g/mol. The van der Waals surface area contributed by atoms with Crippen LogP contribution in [-0.4, -0.2) is 48.9 Å². The van der Waals surface area contributed by atoms with Gasteiger partial charge in [-0.1, -0.05) is 11.6 Å². The van der Waals surface area contributed by atoms with Crippen LogP contribution in [0, 0.1) is 0 Å². The summed E-state index contributed by atoms with van der Waals surface area (Å²) in [7, 11) is -1.86. The maximum Gasteiger partial charge on any atom is 0.243 e. The molecule has 25 heavy (non-hydrogen) atoms. The van der Waals surface area contributed by atoms with E-state index >= 15 is 0 Å². The largest absolute Gasteiger partial charge is 0.324 e. The first kappa shape index (κ1) is 18.1. The van der Waals surface area contributed by atoms with Gasteiger partial charge in [0, 0.05) is 25.0 Å². The first-order valence-corrected chi connectivity index (χ1v) is 9.83. The molecule has 0 aliphatic carbocycles. The lowest BCUT2D eigenvalue weighted by molar-refractivity contribution is 0.296. The summed E-state index contributed by atoms with van der Waals surface area (Å²) >= 11 is 5.82. The zero-order valence-corrected chi connectivity index (χ0v) is 15.4. The SMILES string of the molecule is CN(C1CCNCC1)S(=O)(=O)c1ccc(Nc2nccc(Cl)n2)cc1.